The van der Waals surface area contributed by atoms with Gasteiger partial charge in [-0.1, -0.05) is 12.1 Å². The smallest absolute Gasteiger partial charge is 0.280 e. The van der Waals surface area contributed by atoms with Crippen molar-refractivity contribution in [2.24, 2.45) is 0 Å². The molecule has 0 fully saturated rings. The van der Waals surface area contributed by atoms with E-state index in [2.05, 4.69) is 20.3 Å². The second kappa shape index (κ2) is 9.30. The van der Waals surface area contributed by atoms with Crippen LogP contribution in [0, 0.1) is 0 Å². The van der Waals surface area contributed by atoms with E-state index in [-0.39, 0.29) is 36.5 Å². The third-order valence-corrected chi connectivity index (χ3v) is 5.84. The van der Waals surface area contributed by atoms with E-state index in [9.17, 15) is 14.4 Å². The Morgan fingerprint density at radius 1 is 1.19 bits per heavy atom. The molecule has 0 bridgehead atoms. The van der Waals surface area contributed by atoms with E-state index >= 15 is 0 Å². The van der Waals surface area contributed by atoms with Gasteiger partial charge in [-0.2, -0.15) is 11.8 Å². The number of carbonyl (C=O) groups excluding carboxylic acids is 3. The Morgan fingerprint density at radius 2 is 2.03 bits per heavy atom. The predicted molar refractivity (Wildman–Crippen MR) is 119 cm³/mol. The maximum absolute atomic E-state index is 12.6. The number of aromatic nitrogens is 3. The lowest BCUT2D eigenvalue weighted by Gasteiger charge is -2.17. The summed E-state index contributed by atoms with van der Waals surface area (Å²) in [5.41, 5.74) is 2.29. The molecule has 2 N–H and O–H groups in total. The van der Waals surface area contributed by atoms with Crippen LogP contribution in [0.2, 0.25) is 0 Å². The molecular weight excluding hydrogens is 414 g/mol. The van der Waals surface area contributed by atoms with Crippen molar-refractivity contribution in [1.29, 1.82) is 0 Å². The number of amides is 3. The van der Waals surface area contributed by atoms with Crippen LogP contribution in [0.3, 0.4) is 0 Å². The van der Waals surface area contributed by atoms with E-state index in [1.807, 2.05) is 30.5 Å². The average Bonchev–Trinajstić information content (AvgIpc) is 3.32. The Labute approximate surface area is 183 Å². The number of hydrogen-bond acceptors (Lipinski definition) is 6. The maximum Gasteiger partial charge on any atom is 0.280 e. The Hall–Kier alpha value is -3.20. The SMILES string of the molecule is CSCC[C@@H](NC(=O)CCCN1C(=O)c2cccnc2C1=O)c1nc2ccccc2[nH]1. The molecule has 3 amide bonds. The quantitative estimate of drug-likeness (QED) is 0.498. The van der Waals surface area contributed by atoms with Crippen LogP contribution in [-0.4, -0.2) is 56.1 Å². The minimum Gasteiger partial charge on any atom is -0.346 e. The van der Waals surface area contributed by atoms with Gasteiger partial charge in [0.05, 0.1) is 22.6 Å². The number of aromatic amines is 1. The molecule has 0 radical (unpaired) electrons. The van der Waals surface area contributed by atoms with Gasteiger partial charge in [0, 0.05) is 19.2 Å². The number of imidazole rings is 1. The van der Waals surface area contributed by atoms with Crippen molar-refractivity contribution >= 4 is 40.5 Å². The van der Waals surface area contributed by atoms with Gasteiger partial charge in [-0.15, -0.1) is 0 Å². The van der Waals surface area contributed by atoms with Gasteiger partial charge in [-0.3, -0.25) is 24.3 Å². The summed E-state index contributed by atoms with van der Waals surface area (Å²) in [7, 11) is 0. The number of nitrogens with zero attached hydrogens (tertiary/aromatic N) is 3. The first-order valence-corrected chi connectivity index (χ1v) is 11.5. The number of imide groups is 1. The molecule has 4 rings (SSSR count). The van der Waals surface area contributed by atoms with Crippen molar-refractivity contribution in [3.8, 4) is 0 Å². The topological polar surface area (TPSA) is 108 Å². The number of hydrogen-bond donors (Lipinski definition) is 2. The van der Waals surface area contributed by atoms with Crippen LogP contribution in [0.4, 0.5) is 0 Å². The summed E-state index contributed by atoms with van der Waals surface area (Å²) in [5, 5.41) is 3.05. The zero-order chi connectivity index (χ0) is 21.8. The van der Waals surface area contributed by atoms with Crippen LogP contribution in [0.5, 0.6) is 0 Å². The number of benzene rings is 1. The summed E-state index contributed by atoms with van der Waals surface area (Å²) < 4.78 is 0. The first-order chi connectivity index (χ1) is 15.1. The Bertz CT molecular complexity index is 1060. The number of fused-ring (bicyclic) bond motifs is 2. The Morgan fingerprint density at radius 3 is 2.81 bits per heavy atom. The van der Waals surface area contributed by atoms with E-state index < -0.39 is 5.91 Å². The fourth-order valence-corrected chi connectivity index (χ4v) is 4.10. The number of rotatable bonds is 9. The van der Waals surface area contributed by atoms with Crippen molar-refractivity contribution in [3.63, 3.8) is 0 Å². The summed E-state index contributed by atoms with van der Waals surface area (Å²) in [4.78, 5) is 50.5. The van der Waals surface area contributed by atoms with Crippen molar-refractivity contribution in [2.45, 2.75) is 25.3 Å². The molecule has 3 aromatic rings. The van der Waals surface area contributed by atoms with E-state index in [1.54, 1.807) is 23.9 Å². The standard InChI is InChI=1S/C22H23N5O3S/c1-31-13-10-17(20-25-15-7-2-3-8-16(15)26-20)24-18(28)9-5-12-27-21(29)14-6-4-11-23-19(14)22(27)30/h2-4,6-8,11,17H,5,9-10,12-13H2,1H3,(H,24,28)(H,25,26)/t17-/m1/s1. The molecule has 1 aliphatic heterocycles. The molecule has 0 unspecified atom stereocenters. The van der Waals surface area contributed by atoms with Crippen molar-refractivity contribution in [3.05, 3.63) is 59.7 Å². The van der Waals surface area contributed by atoms with Crippen LogP contribution in [0.1, 0.15) is 52.0 Å². The molecule has 31 heavy (non-hydrogen) atoms. The number of para-hydroxylation sites is 2. The average molecular weight is 438 g/mol. The number of nitrogens with one attached hydrogen (secondary N) is 2. The monoisotopic (exact) mass is 437 g/mol. The molecule has 2 aromatic heterocycles. The highest BCUT2D eigenvalue weighted by Gasteiger charge is 2.36. The third kappa shape index (κ3) is 4.46. The highest BCUT2D eigenvalue weighted by atomic mass is 32.2. The van der Waals surface area contributed by atoms with Gasteiger partial charge in [-0.25, -0.2) is 4.98 Å². The van der Waals surface area contributed by atoms with Crippen LogP contribution in [0.15, 0.2) is 42.6 Å². The highest BCUT2D eigenvalue weighted by Crippen LogP contribution is 2.22. The molecule has 0 spiro atoms. The number of carbonyl (C=O) groups is 3. The van der Waals surface area contributed by atoms with Gasteiger partial charge in [0.25, 0.3) is 11.8 Å². The van der Waals surface area contributed by atoms with Crippen LogP contribution in [0.25, 0.3) is 11.0 Å². The fourth-order valence-electron chi connectivity index (χ4n) is 3.63. The molecule has 1 atom stereocenters. The molecule has 9 heteroatoms. The van der Waals surface area contributed by atoms with Crippen LogP contribution < -0.4 is 5.32 Å². The maximum atomic E-state index is 12.6. The lowest BCUT2D eigenvalue weighted by atomic mass is 10.2. The molecule has 0 saturated carbocycles. The van der Waals surface area contributed by atoms with Gasteiger partial charge in [0.1, 0.15) is 11.5 Å². The first-order valence-electron chi connectivity index (χ1n) is 10.1. The van der Waals surface area contributed by atoms with Gasteiger partial charge >= 0.3 is 0 Å². The number of H-pyrrole nitrogens is 1. The van der Waals surface area contributed by atoms with E-state index in [0.29, 0.717) is 12.0 Å². The summed E-state index contributed by atoms with van der Waals surface area (Å²) in [5.74, 6) is 0.718. The minimum atomic E-state index is -0.402. The zero-order valence-corrected chi connectivity index (χ0v) is 17.9. The molecule has 3 heterocycles. The lowest BCUT2D eigenvalue weighted by molar-refractivity contribution is -0.122. The van der Waals surface area contributed by atoms with Crippen molar-refractivity contribution in [1.82, 2.24) is 25.2 Å². The summed E-state index contributed by atoms with van der Waals surface area (Å²) in [6, 6.07) is 10.8. The van der Waals surface area contributed by atoms with Gasteiger partial charge in [-0.05, 0) is 49.1 Å². The molecule has 1 aliphatic rings. The van der Waals surface area contributed by atoms with E-state index in [4.69, 9.17) is 0 Å². The van der Waals surface area contributed by atoms with Crippen LogP contribution >= 0.6 is 11.8 Å². The van der Waals surface area contributed by atoms with Gasteiger partial charge in [0.15, 0.2) is 0 Å². The molecule has 8 nitrogen and oxygen atoms in total. The van der Waals surface area contributed by atoms with E-state index in [0.717, 1.165) is 33.9 Å². The second-order valence-electron chi connectivity index (χ2n) is 7.31. The van der Waals surface area contributed by atoms with Crippen molar-refractivity contribution in [2.75, 3.05) is 18.6 Å². The molecule has 0 aliphatic carbocycles. The fraction of sp³-hybridized carbons (Fsp3) is 0.318. The second-order valence-corrected chi connectivity index (χ2v) is 8.29. The Kier molecular flexibility index (Phi) is 6.31. The zero-order valence-electron chi connectivity index (χ0n) is 17.1. The van der Waals surface area contributed by atoms with Crippen molar-refractivity contribution < 1.29 is 14.4 Å². The summed E-state index contributed by atoms with van der Waals surface area (Å²) >= 11 is 1.71. The molecule has 1 aromatic carbocycles. The Balaban J connectivity index is 1.35. The lowest BCUT2D eigenvalue weighted by Crippen LogP contribution is -2.33. The molecule has 160 valence electrons. The largest absolute Gasteiger partial charge is 0.346 e. The third-order valence-electron chi connectivity index (χ3n) is 5.20. The van der Waals surface area contributed by atoms with E-state index in [1.165, 1.54) is 6.20 Å². The molecular formula is C22H23N5O3S. The van der Waals surface area contributed by atoms with Crippen LogP contribution in [-0.2, 0) is 4.79 Å². The summed E-state index contributed by atoms with van der Waals surface area (Å²) in [6.45, 7) is 0.182. The normalized spacial score (nSPS) is 14.2. The highest BCUT2D eigenvalue weighted by molar-refractivity contribution is 7.98. The summed E-state index contributed by atoms with van der Waals surface area (Å²) in [6.07, 6.45) is 4.85. The van der Waals surface area contributed by atoms with Gasteiger partial charge in [0.2, 0.25) is 5.91 Å². The number of pyridine rings is 1. The predicted octanol–water partition coefficient (Wildman–Crippen LogP) is 2.94. The number of thioether (sulfide) groups is 1. The minimum absolute atomic E-state index is 0.138. The van der Waals surface area contributed by atoms with Gasteiger partial charge < -0.3 is 10.3 Å². The first kappa shape index (κ1) is 21.0. The molecule has 0 saturated heterocycles.